The molecule has 0 saturated carbocycles. The molecule has 1 aliphatic heterocycles. The van der Waals surface area contributed by atoms with E-state index in [1.165, 1.54) is 18.2 Å². The maximum Gasteiger partial charge on any atom is 0.387 e. The fourth-order valence-electron chi connectivity index (χ4n) is 2.54. The van der Waals surface area contributed by atoms with Crippen LogP contribution in [0.4, 0.5) is 23.2 Å². The smallest absolute Gasteiger partial charge is 0.387 e. The summed E-state index contributed by atoms with van der Waals surface area (Å²) in [6.45, 7) is -3.99. The SMILES string of the molecule is CCOc1ccc2c(c1)SC(=Cc1ccc(OC(F)F)cc1OC(F)F)C(=O)N2. The van der Waals surface area contributed by atoms with Crippen LogP contribution in [0, 0.1) is 0 Å². The highest BCUT2D eigenvalue weighted by Gasteiger charge is 2.23. The van der Waals surface area contributed by atoms with Crippen molar-refractivity contribution in [3.8, 4) is 17.2 Å². The Balaban J connectivity index is 1.94. The van der Waals surface area contributed by atoms with Crippen molar-refractivity contribution >= 4 is 29.4 Å². The molecule has 0 aliphatic carbocycles. The molecule has 1 amide bonds. The van der Waals surface area contributed by atoms with Crippen molar-refractivity contribution < 1.29 is 36.6 Å². The maximum absolute atomic E-state index is 12.7. The van der Waals surface area contributed by atoms with Gasteiger partial charge < -0.3 is 19.5 Å². The second kappa shape index (κ2) is 9.08. The molecule has 154 valence electrons. The minimum absolute atomic E-state index is 0.106. The molecule has 0 bridgehead atoms. The van der Waals surface area contributed by atoms with E-state index in [4.69, 9.17) is 4.74 Å². The zero-order valence-electron chi connectivity index (χ0n) is 15.0. The lowest BCUT2D eigenvalue weighted by atomic mass is 10.1. The van der Waals surface area contributed by atoms with Gasteiger partial charge in [-0.25, -0.2) is 0 Å². The number of carbonyl (C=O) groups is 1. The van der Waals surface area contributed by atoms with E-state index in [1.54, 1.807) is 18.2 Å². The Bertz CT molecular complexity index is 936. The van der Waals surface area contributed by atoms with Crippen LogP contribution in [-0.4, -0.2) is 25.7 Å². The average molecular weight is 429 g/mol. The number of hydrogen-bond acceptors (Lipinski definition) is 5. The molecule has 2 aromatic carbocycles. The normalized spacial score (nSPS) is 14.7. The lowest BCUT2D eigenvalue weighted by Crippen LogP contribution is -2.17. The number of benzene rings is 2. The van der Waals surface area contributed by atoms with E-state index >= 15 is 0 Å². The number of fused-ring (bicyclic) bond motifs is 1. The van der Waals surface area contributed by atoms with Crippen LogP contribution in [0.1, 0.15) is 12.5 Å². The number of anilines is 1. The Morgan fingerprint density at radius 2 is 1.76 bits per heavy atom. The van der Waals surface area contributed by atoms with Gasteiger partial charge in [-0.15, -0.1) is 0 Å². The molecule has 0 atom stereocenters. The summed E-state index contributed by atoms with van der Waals surface area (Å²) in [4.78, 5) is 13.3. The fraction of sp³-hybridized carbons (Fsp3) is 0.211. The van der Waals surface area contributed by atoms with Crippen molar-refractivity contribution in [1.82, 2.24) is 0 Å². The van der Waals surface area contributed by atoms with E-state index in [1.807, 2.05) is 6.92 Å². The van der Waals surface area contributed by atoms with Gasteiger partial charge in [0, 0.05) is 16.5 Å². The summed E-state index contributed by atoms with van der Waals surface area (Å²) in [5.74, 6) is -0.565. The highest BCUT2D eigenvalue weighted by Crippen LogP contribution is 2.41. The van der Waals surface area contributed by atoms with Crippen LogP contribution in [0.5, 0.6) is 17.2 Å². The first kappa shape index (κ1) is 20.8. The van der Waals surface area contributed by atoms with Crippen molar-refractivity contribution in [2.75, 3.05) is 11.9 Å². The first-order chi connectivity index (χ1) is 13.9. The molecule has 29 heavy (non-hydrogen) atoms. The predicted molar refractivity (Wildman–Crippen MR) is 99.8 cm³/mol. The van der Waals surface area contributed by atoms with Gasteiger partial charge in [-0.2, -0.15) is 17.6 Å². The number of halogens is 4. The molecule has 2 aromatic rings. The molecule has 1 N–H and O–H groups in total. The first-order valence-electron chi connectivity index (χ1n) is 8.37. The molecule has 0 aromatic heterocycles. The molecule has 3 rings (SSSR count). The second-order valence-electron chi connectivity index (χ2n) is 5.61. The topological polar surface area (TPSA) is 56.8 Å². The number of thioether (sulfide) groups is 1. The Labute approximate surface area is 167 Å². The summed E-state index contributed by atoms with van der Waals surface area (Å²) >= 11 is 1.12. The van der Waals surface area contributed by atoms with Crippen LogP contribution in [0.15, 0.2) is 46.2 Å². The Hall–Kier alpha value is -2.88. The Morgan fingerprint density at radius 1 is 1.03 bits per heavy atom. The van der Waals surface area contributed by atoms with Gasteiger partial charge in [-0.05, 0) is 43.3 Å². The third-order valence-electron chi connectivity index (χ3n) is 3.67. The zero-order valence-corrected chi connectivity index (χ0v) is 15.8. The number of hydrogen-bond donors (Lipinski definition) is 1. The molecule has 10 heteroatoms. The summed E-state index contributed by atoms with van der Waals surface area (Å²) in [6.07, 6.45) is 1.33. The number of nitrogens with one attached hydrogen (secondary N) is 1. The number of rotatable bonds is 7. The van der Waals surface area contributed by atoms with Gasteiger partial charge >= 0.3 is 13.2 Å². The van der Waals surface area contributed by atoms with E-state index in [2.05, 4.69) is 14.8 Å². The standard InChI is InChI=1S/C19H15F4NO4S/c1-2-26-11-5-6-13-15(9-11)29-16(17(25)24-13)7-10-3-4-12(27-18(20)21)8-14(10)28-19(22)23/h3-9,18-19H,2H2,1H3,(H,24,25). The summed E-state index contributed by atoms with van der Waals surface area (Å²) in [6, 6.07) is 8.49. The molecular weight excluding hydrogens is 414 g/mol. The quantitative estimate of drug-likeness (QED) is 0.474. The Kier molecular flexibility index (Phi) is 6.53. The first-order valence-corrected chi connectivity index (χ1v) is 9.18. The van der Waals surface area contributed by atoms with E-state index in [0.29, 0.717) is 22.9 Å². The number of carbonyl (C=O) groups excluding carboxylic acids is 1. The van der Waals surface area contributed by atoms with E-state index < -0.39 is 24.9 Å². The van der Waals surface area contributed by atoms with Crippen LogP contribution >= 0.6 is 11.8 Å². The van der Waals surface area contributed by atoms with Gasteiger partial charge in [0.15, 0.2) is 0 Å². The molecule has 0 saturated heterocycles. The van der Waals surface area contributed by atoms with Crippen LogP contribution in [-0.2, 0) is 4.79 Å². The van der Waals surface area contributed by atoms with Gasteiger partial charge in [0.1, 0.15) is 17.2 Å². The largest absolute Gasteiger partial charge is 0.494 e. The summed E-state index contributed by atoms with van der Waals surface area (Å²) in [5.41, 5.74) is 0.694. The van der Waals surface area contributed by atoms with Crippen LogP contribution < -0.4 is 19.5 Å². The van der Waals surface area contributed by atoms with Gasteiger partial charge in [0.25, 0.3) is 5.91 Å². The highest BCUT2D eigenvalue weighted by molar-refractivity contribution is 8.04. The molecule has 1 heterocycles. The van der Waals surface area contributed by atoms with Gasteiger partial charge in [-0.3, -0.25) is 4.79 Å². The lowest BCUT2D eigenvalue weighted by molar-refractivity contribution is -0.112. The average Bonchev–Trinajstić information content (AvgIpc) is 2.64. The van der Waals surface area contributed by atoms with Crippen molar-refractivity contribution in [3.63, 3.8) is 0 Å². The molecule has 0 unspecified atom stereocenters. The van der Waals surface area contributed by atoms with Crippen LogP contribution in [0.2, 0.25) is 0 Å². The predicted octanol–water partition coefficient (Wildman–Crippen LogP) is 5.37. The number of amides is 1. The molecule has 0 spiro atoms. The van der Waals surface area contributed by atoms with Gasteiger partial charge in [-0.1, -0.05) is 11.8 Å². The van der Waals surface area contributed by atoms with E-state index in [0.717, 1.165) is 17.8 Å². The molecule has 1 aliphatic rings. The fourth-order valence-corrected chi connectivity index (χ4v) is 3.51. The van der Waals surface area contributed by atoms with Crippen molar-refractivity contribution in [3.05, 3.63) is 46.9 Å². The molecule has 5 nitrogen and oxygen atoms in total. The summed E-state index contributed by atoms with van der Waals surface area (Å²) < 4.78 is 64.3. The highest BCUT2D eigenvalue weighted by atomic mass is 32.2. The van der Waals surface area contributed by atoms with Gasteiger partial charge in [0.05, 0.1) is 17.2 Å². The lowest BCUT2D eigenvalue weighted by Gasteiger charge is -2.20. The van der Waals surface area contributed by atoms with Crippen molar-refractivity contribution in [2.24, 2.45) is 0 Å². The van der Waals surface area contributed by atoms with E-state index in [-0.39, 0.29) is 16.2 Å². The van der Waals surface area contributed by atoms with Crippen LogP contribution in [0.3, 0.4) is 0 Å². The summed E-state index contributed by atoms with van der Waals surface area (Å²) in [5, 5.41) is 2.70. The minimum atomic E-state index is -3.18. The Morgan fingerprint density at radius 3 is 2.45 bits per heavy atom. The minimum Gasteiger partial charge on any atom is -0.494 e. The molecule has 0 radical (unpaired) electrons. The van der Waals surface area contributed by atoms with Gasteiger partial charge in [0.2, 0.25) is 0 Å². The molecular formula is C19H15F4NO4S. The van der Waals surface area contributed by atoms with E-state index in [9.17, 15) is 22.4 Å². The zero-order chi connectivity index (χ0) is 21.0. The third kappa shape index (κ3) is 5.35. The van der Waals surface area contributed by atoms with Crippen molar-refractivity contribution in [2.45, 2.75) is 25.0 Å². The third-order valence-corrected chi connectivity index (χ3v) is 4.75. The number of ether oxygens (including phenoxy) is 3. The monoisotopic (exact) mass is 429 g/mol. The summed E-state index contributed by atoms with van der Waals surface area (Å²) in [7, 11) is 0. The second-order valence-corrected chi connectivity index (χ2v) is 6.70. The number of alkyl halides is 4. The van der Waals surface area contributed by atoms with Crippen molar-refractivity contribution in [1.29, 1.82) is 0 Å². The molecule has 0 fully saturated rings. The maximum atomic E-state index is 12.7. The van der Waals surface area contributed by atoms with Crippen LogP contribution in [0.25, 0.3) is 6.08 Å².